The Morgan fingerprint density at radius 3 is 2.33 bits per heavy atom. The average molecular weight is 479 g/mol. The molecule has 1 aromatic rings. The van der Waals surface area contributed by atoms with Gasteiger partial charge in [0, 0.05) is 0 Å². The van der Waals surface area contributed by atoms with Crippen LogP contribution in [0, 0.1) is 0 Å². The molecule has 5 atom stereocenters. The van der Waals surface area contributed by atoms with Crippen molar-refractivity contribution < 1.29 is 23.4 Å². The first-order valence-corrected chi connectivity index (χ1v) is 15.6. The summed E-state index contributed by atoms with van der Waals surface area (Å²) in [5, 5.41) is 0.0914. The van der Waals surface area contributed by atoms with E-state index in [4.69, 9.17) is 23.4 Å². The molecule has 3 rings (SSSR count). The molecule has 2 aliphatic heterocycles. The first-order chi connectivity index (χ1) is 15.4. The highest BCUT2D eigenvalue weighted by Gasteiger charge is 2.55. The molecule has 0 amide bonds. The molecule has 2 saturated heterocycles. The van der Waals surface area contributed by atoms with Crippen LogP contribution in [0.2, 0.25) is 18.1 Å². The summed E-state index contributed by atoms with van der Waals surface area (Å²) in [5.74, 6) is -0.601. The molecule has 6 heteroatoms. The van der Waals surface area contributed by atoms with Crippen molar-refractivity contribution in [3.63, 3.8) is 0 Å². The van der Waals surface area contributed by atoms with E-state index < -0.39 is 14.1 Å². The van der Waals surface area contributed by atoms with Crippen molar-refractivity contribution in [3.8, 4) is 0 Å². The van der Waals surface area contributed by atoms with Crippen molar-refractivity contribution in [1.29, 1.82) is 0 Å². The fourth-order valence-corrected chi connectivity index (χ4v) is 5.68. The van der Waals surface area contributed by atoms with Gasteiger partial charge in [-0.25, -0.2) is 0 Å². The van der Waals surface area contributed by atoms with Gasteiger partial charge in [-0.1, -0.05) is 77.3 Å². The van der Waals surface area contributed by atoms with Gasteiger partial charge in [-0.2, -0.15) is 0 Å². The van der Waals surface area contributed by atoms with Gasteiger partial charge in [0.15, 0.2) is 14.1 Å². The minimum atomic E-state index is -2.07. The van der Waals surface area contributed by atoms with Crippen molar-refractivity contribution in [2.24, 2.45) is 0 Å². The molecule has 0 unspecified atom stereocenters. The summed E-state index contributed by atoms with van der Waals surface area (Å²) in [6.45, 7) is 18.7. The lowest BCUT2D eigenvalue weighted by molar-refractivity contribution is -0.160. The molecule has 33 heavy (non-hydrogen) atoms. The fourth-order valence-electron chi connectivity index (χ4n) is 4.38. The number of unbranched alkanes of at least 4 members (excludes halogenated alkanes) is 2. The second-order valence-corrected chi connectivity index (χ2v) is 16.4. The molecule has 2 heterocycles. The number of ether oxygens (including phenoxy) is 4. The zero-order valence-corrected chi connectivity index (χ0v) is 23.1. The van der Waals surface area contributed by atoms with E-state index in [1.54, 1.807) is 0 Å². The van der Waals surface area contributed by atoms with Crippen LogP contribution >= 0.6 is 0 Å². The standard InChI is InChI=1S/C27H46O5Si/c1-9-10-12-17-21-23(28-18-20-15-13-11-14-16-20)25(32-33(7,8)26(2,3)4)24(30-21)22-19-29-27(5,6)31-22/h11,13-16,21-25H,9-10,12,17-19H2,1-8H3/t21-,22+,23+,24+,25-/m0/s1. The maximum atomic E-state index is 7.05. The summed E-state index contributed by atoms with van der Waals surface area (Å²) in [7, 11) is -2.07. The van der Waals surface area contributed by atoms with Crippen LogP contribution in [0.1, 0.15) is 72.8 Å². The quantitative estimate of drug-likeness (QED) is 0.285. The predicted octanol–water partition coefficient (Wildman–Crippen LogP) is 6.46. The predicted molar refractivity (Wildman–Crippen MR) is 135 cm³/mol. The minimum absolute atomic E-state index is 0.00709. The number of hydrogen-bond acceptors (Lipinski definition) is 5. The van der Waals surface area contributed by atoms with Gasteiger partial charge < -0.3 is 23.4 Å². The van der Waals surface area contributed by atoms with Gasteiger partial charge in [0.2, 0.25) is 0 Å². The summed E-state index contributed by atoms with van der Waals surface area (Å²) < 4.78 is 32.6. The molecule has 5 nitrogen and oxygen atoms in total. The molecule has 0 N–H and O–H groups in total. The Labute approximate surface area is 202 Å². The molecule has 0 bridgehead atoms. The van der Waals surface area contributed by atoms with Crippen molar-refractivity contribution in [2.45, 2.75) is 128 Å². The molecule has 0 saturated carbocycles. The van der Waals surface area contributed by atoms with Gasteiger partial charge in [-0.3, -0.25) is 0 Å². The van der Waals surface area contributed by atoms with Crippen LogP contribution < -0.4 is 0 Å². The first kappa shape index (κ1) is 26.8. The lowest BCUT2D eigenvalue weighted by Gasteiger charge is -2.41. The highest BCUT2D eigenvalue weighted by molar-refractivity contribution is 6.74. The van der Waals surface area contributed by atoms with Crippen LogP contribution in [0.15, 0.2) is 30.3 Å². The van der Waals surface area contributed by atoms with E-state index in [1.165, 1.54) is 18.4 Å². The SMILES string of the molecule is CCCCC[C@@H]1O[C@H]([C@H]2COC(C)(C)O2)[C@@H](O[Si](C)(C)C(C)(C)C)[C@@H]1OCc1ccccc1. The average Bonchev–Trinajstić information content (AvgIpc) is 3.25. The van der Waals surface area contributed by atoms with E-state index in [1.807, 2.05) is 19.9 Å². The molecule has 2 fully saturated rings. The first-order valence-electron chi connectivity index (χ1n) is 12.7. The molecular formula is C27H46O5Si. The Kier molecular flexibility index (Phi) is 8.85. The lowest BCUT2D eigenvalue weighted by Crippen LogP contribution is -2.52. The molecule has 2 aliphatic rings. The second-order valence-electron chi connectivity index (χ2n) is 11.6. The van der Waals surface area contributed by atoms with Gasteiger partial charge in [-0.05, 0) is 44.0 Å². The van der Waals surface area contributed by atoms with E-state index in [0.29, 0.717) is 13.2 Å². The monoisotopic (exact) mass is 478 g/mol. The minimum Gasteiger partial charge on any atom is -0.408 e. The third kappa shape index (κ3) is 6.89. The van der Waals surface area contributed by atoms with Crippen molar-refractivity contribution in [3.05, 3.63) is 35.9 Å². The Bertz CT molecular complexity index is 730. The van der Waals surface area contributed by atoms with Gasteiger partial charge in [0.25, 0.3) is 0 Å². The largest absolute Gasteiger partial charge is 0.408 e. The van der Waals surface area contributed by atoms with Crippen molar-refractivity contribution >= 4 is 8.32 Å². The topological polar surface area (TPSA) is 46.2 Å². The van der Waals surface area contributed by atoms with Crippen molar-refractivity contribution in [1.82, 2.24) is 0 Å². The summed E-state index contributed by atoms with van der Waals surface area (Å²) >= 11 is 0. The summed E-state index contributed by atoms with van der Waals surface area (Å²) in [6.07, 6.45) is 3.80. The molecule has 0 spiro atoms. The number of hydrogen-bond donors (Lipinski definition) is 0. The Morgan fingerprint density at radius 1 is 1.06 bits per heavy atom. The summed E-state index contributed by atoms with van der Waals surface area (Å²) in [4.78, 5) is 0. The van der Waals surface area contributed by atoms with E-state index in [2.05, 4.69) is 65.1 Å². The van der Waals surface area contributed by atoms with Gasteiger partial charge >= 0.3 is 0 Å². The van der Waals surface area contributed by atoms with Gasteiger partial charge in [0.1, 0.15) is 24.4 Å². The van der Waals surface area contributed by atoms with Gasteiger partial charge in [-0.15, -0.1) is 0 Å². The smallest absolute Gasteiger partial charge is 0.192 e. The van der Waals surface area contributed by atoms with Crippen LogP contribution in [-0.4, -0.2) is 51.2 Å². The van der Waals surface area contributed by atoms with Crippen LogP contribution in [0.5, 0.6) is 0 Å². The Hall–Kier alpha value is -0.763. The van der Waals surface area contributed by atoms with Gasteiger partial charge in [0.05, 0.1) is 19.3 Å². The highest BCUT2D eigenvalue weighted by atomic mass is 28.4. The third-order valence-electron chi connectivity index (χ3n) is 7.36. The summed E-state index contributed by atoms with van der Waals surface area (Å²) in [6, 6.07) is 10.4. The molecular weight excluding hydrogens is 432 g/mol. The zero-order valence-electron chi connectivity index (χ0n) is 22.1. The molecule has 188 valence electrons. The fraction of sp³-hybridized carbons (Fsp3) is 0.778. The molecule has 0 radical (unpaired) electrons. The number of rotatable bonds is 10. The summed E-state index contributed by atoms with van der Waals surface area (Å²) in [5.41, 5.74) is 1.17. The molecule has 0 aromatic heterocycles. The lowest BCUT2D eigenvalue weighted by atomic mass is 10.0. The maximum Gasteiger partial charge on any atom is 0.192 e. The molecule has 1 aromatic carbocycles. The third-order valence-corrected chi connectivity index (χ3v) is 11.8. The van der Waals surface area contributed by atoms with Crippen LogP contribution in [-0.2, 0) is 30.0 Å². The van der Waals surface area contributed by atoms with E-state index in [9.17, 15) is 0 Å². The maximum absolute atomic E-state index is 7.05. The van der Waals surface area contributed by atoms with Crippen molar-refractivity contribution in [2.75, 3.05) is 6.61 Å². The van der Waals surface area contributed by atoms with E-state index in [0.717, 1.165) is 12.8 Å². The van der Waals surface area contributed by atoms with Crippen LogP contribution in [0.4, 0.5) is 0 Å². The highest BCUT2D eigenvalue weighted by Crippen LogP contribution is 2.43. The van der Waals surface area contributed by atoms with E-state index >= 15 is 0 Å². The van der Waals surface area contributed by atoms with Crippen LogP contribution in [0.25, 0.3) is 0 Å². The second kappa shape index (κ2) is 10.9. The molecule has 0 aliphatic carbocycles. The van der Waals surface area contributed by atoms with E-state index in [-0.39, 0.29) is 35.6 Å². The zero-order chi connectivity index (χ0) is 24.3. The normalized spacial score (nSPS) is 30.1. The Balaban J connectivity index is 1.87. The number of benzene rings is 1. The van der Waals surface area contributed by atoms with Crippen LogP contribution in [0.3, 0.4) is 0 Å². The Morgan fingerprint density at radius 2 is 1.76 bits per heavy atom.